The maximum atomic E-state index is 10.4. The number of aliphatic hydroxyl groups is 1. The van der Waals surface area contributed by atoms with Crippen LogP contribution in [0.5, 0.6) is 11.5 Å². The lowest BCUT2D eigenvalue weighted by Gasteiger charge is -2.16. The van der Waals surface area contributed by atoms with Crippen LogP contribution in [0.3, 0.4) is 0 Å². The highest BCUT2D eigenvalue weighted by molar-refractivity contribution is 5.41. The maximum absolute atomic E-state index is 10.4. The first-order chi connectivity index (χ1) is 10.7. The highest BCUT2D eigenvalue weighted by Gasteiger charge is 2.14. The third-order valence-corrected chi connectivity index (χ3v) is 3.50. The minimum atomic E-state index is -0.689. The fourth-order valence-electron chi connectivity index (χ4n) is 2.25. The summed E-state index contributed by atoms with van der Waals surface area (Å²) >= 11 is 0. The van der Waals surface area contributed by atoms with E-state index in [1.165, 1.54) is 0 Å². The van der Waals surface area contributed by atoms with E-state index < -0.39 is 6.10 Å². The van der Waals surface area contributed by atoms with Gasteiger partial charge in [-0.3, -0.25) is 0 Å². The number of ether oxygens (including phenoxy) is 2. The van der Waals surface area contributed by atoms with Crippen molar-refractivity contribution in [3.8, 4) is 11.5 Å². The lowest BCUT2D eigenvalue weighted by Crippen LogP contribution is -2.21. The van der Waals surface area contributed by atoms with Crippen LogP contribution in [0.25, 0.3) is 0 Å². The number of benzene rings is 1. The molecule has 22 heavy (non-hydrogen) atoms. The molecule has 1 atom stereocenters. The average molecular weight is 305 g/mol. The summed E-state index contributed by atoms with van der Waals surface area (Å²) in [5.74, 6) is 3.16. The fraction of sp³-hybridized carbons (Fsp3) is 0.412. The zero-order valence-electron chi connectivity index (χ0n) is 13.3. The Hall–Kier alpha value is -1.98. The second kappa shape index (κ2) is 7.87. The summed E-state index contributed by atoms with van der Waals surface area (Å²) in [6, 6.07) is 9.30. The zero-order valence-corrected chi connectivity index (χ0v) is 13.3. The first-order valence-corrected chi connectivity index (χ1v) is 7.36. The molecule has 1 aromatic carbocycles. The van der Waals surface area contributed by atoms with E-state index in [0.29, 0.717) is 30.2 Å². The molecule has 2 aromatic rings. The molecule has 0 saturated heterocycles. The molecular weight excluding hydrogens is 282 g/mol. The molecule has 2 N–H and O–H groups in total. The summed E-state index contributed by atoms with van der Waals surface area (Å²) in [6.07, 6.45) is 0.189. The van der Waals surface area contributed by atoms with Crippen LogP contribution in [-0.2, 0) is 13.0 Å². The first kappa shape index (κ1) is 16.4. The third-order valence-electron chi connectivity index (χ3n) is 3.50. The predicted octanol–water partition coefficient (Wildman–Crippen LogP) is 2.68. The Bertz CT molecular complexity index is 594. The van der Waals surface area contributed by atoms with E-state index in [1.807, 2.05) is 12.1 Å². The quantitative estimate of drug-likeness (QED) is 0.785. The Morgan fingerprint density at radius 1 is 1.14 bits per heavy atom. The number of furan rings is 1. The van der Waals surface area contributed by atoms with Crippen LogP contribution in [0.1, 0.15) is 30.1 Å². The van der Waals surface area contributed by atoms with Gasteiger partial charge >= 0.3 is 0 Å². The second-order valence-electron chi connectivity index (χ2n) is 4.98. The van der Waals surface area contributed by atoms with Gasteiger partial charge in [-0.15, -0.1) is 0 Å². The largest absolute Gasteiger partial charge is 0.497 e. The number of aryl methyl sites for hydroxylation is 1. The van der Waals surface area contributed by atoms with Crippen LogP contribution >= 0.6 is 0 Å². The number of aliphatic hydroxyl groups excluding tert-OH is 1. The lowest BCUT2D eigenvalue weighted by atomic mass is 10.1. The minimum Gasteiger partial charge on any atom is -0.497 e. The van der Waals surface area contributed by atoms with Gasteiger partial charge in [-0.05, 0) is 30.3 Å². The zero-order chi connectivity index (χ0) is 15.9. The van der Waals surface area contributed by atoms with Gasteiger partial charge in [0, 0.05) is 18.5 Å². The molecule has 0 saturated carbocycles. The van der Waals surface area contributed by atoms with E-state index in [4.69, 9.17) is 13.9 Å². The van der Waals surface area contributed by atoms with Crippen LogP contribution < -0.4 is 14.8 Å². The Balaban J connectivity index is 1.95. The van der Waals surface area contributed by atoms with Gasteiger partial charge in [0.05, 0.1) is 26.9 Å². The molecule has 0 spiro atoms. The molecule has 1 unspecified atom stereocenters. The molecule has 1 aromatic heterocycles. The highest BCUT2D eigenvalue weighted by Crippen LogP contribution is 2.29. The summed E-state index contributed by atoms with van der Waals surface area (Å²) < 4.78 is 16.1. The number of nitrogens with one attached hydrogen (secondary N) is 1. The first-order valence-electron chi connectivity index (χ1n) is 7.36. The van der Waals surface area contributed by atoms with Crippen LogP contribution in [0.2, 0.25) is 0 Å². The van der Waals surface area contributed by atoms with E-state index >= 15 is 0 Å². The van der Waals surface area contributed by atoms with Crippen molar-refractivity contribution in [1.82, 2.24) is 5.32 Å². The molecule has 1 heterocycles. The molecule has 0 bridgehead atoms. The van der Waals surface area contributed by atoms with Crippen LogP contribution in [0.4, 0.5) is 0 Å². The minimum absolute atomic E-state index is 0.395. The van der Waals surface area contributed by atoms with Crippen LogP contribution in [-0.4, -0.2) is 25.9 Å². The molecule has 0 aliphatic carbocycles. The predicted molar refractivity (Wildman–Crippen MR) is 84.3 cm³/mol. The van der Waals surface area contributed by atoms with Gasteiger partial charge in [0.25, 0.3) is 0 Å². The number of methoxy groups -OCH3 is 2. The molecule has 0 amide bonds. The van der Waals surface area contributed by atoms with Gasteiger partial charge in [0.2, 0.25) is 0 Å². The maximum Gasteiger partial charge on any atom is 0.124 e. The molecular formula is C17H23NO4. The Kier molecular flexibility index (Phi) is 5.86. The van der Waals surface area contributed by atoms with Crippen LogP contribution in [0.15, 0.2) is 34.7 Å². The smallest absolute Gasteiger partial charge is 0.124 e. The third kappa shape index (κ3) is 4.02. The van der Waals surface area contributed by atoms with Crippen molar-refractivity contribution in [1.29, 1.82) is 0 Å². The fourth-order valence-corrected chi connectivity index (χ4v) is 2.25. The van der Waals surface area contributed by atoms with E-state index in [2.05, 4.69) is 12.2 Å². The van der Waals surface area contributed by atoms with Crippen molar-refractivity contribution < 1.29 is 19.0 Å². The Morgan fingerprint density at radius 3 is 2.55 bits per heavy atom. The van der Waals surface area contributed by atoms with Gasteiger partial charge in [0.15, 0.2) is 0 Å². The normalized spacial score (nSPS) is 12.2. The number of rotatable bonds is 8. The van der Waals surface area contributed by atoms with Crippen molar-refractivity contribution in [2.45, 2.75) is 26.0 Å². The molecule has 0 aliphatic heterocycles. The van der Waals surface area contributed by atoms with Crippen LogP contribution in [0, 0.1) is 0 Å². The topological polar surface area (TPSA) is 63.9 Å². The van der Waals surface area contributed by atoms with E-state index in [9.17, 15) is 5.11 Å². The van der Waals surface area contributed by atoms with Crippen molar-refractivity contribution in [3.63, 3.8) is 0 Å². The van der Waals surface area contributed by atoms with Gasteiger partial charge < -0.3 is 24.3 Å². The molecule has 120 valence electrons. The summed E-state index contributed by atoms with van der Waals surface area (Å²) in [5.41, 5.74) is 0.697. The molecule has 5 nitrogen and oxygen atoms in total. The summed E-state index contributed by atoms with van der Waals surface area (Å²) in [4.78, 5) is 0. The van der Waals surface area contributed by atoms with Crippen molar-refractivity contribution >= 4 is 0 Å². The number of hydrogen-bond donors (Lipinski definition) is 2. The van der Waals surface area contributed by atoms with Gasteiger partial charge in [-0.2, -0.15) is 0 Å². The molecule has 2 rings (SSSR count). The summed E-state index contributed by atoms with van der Waals surface area (Å²) in [5, 5.41) is 13.5. The van der Waals surface area contributed by atoms with Gasteiger partial charge in [-0.25, -0.2) is 0 Å². The number of hydrogen-bond acceptors (Lipinski definition) is 5. The Morgan fingerprint density at radius 2 is 1.91 bits per heavy atom. The molecule has 0 aliphatic rings. The Labute approximate surface area is 130 Å². The molecule has 0 radical (unpaired) electrons. The lowest BCUT2D eigenvalue weighted by molar-refractivity contribution is 0.168. The summed E-state index contributed by atoms with van der Waals surface area (Å²) in [7, 11) is 3.18. The SMILES string of the molecule is CCc1ccc(CNCC(O)c2cc(OC)ccc2OC)o1. The van der Waals surface area contributed by atoms with Crippen molar-refractivity contribution in [3.05, 3.63) is 47.4 Å². The standard InChI is InChI=1S/C17H23NO4/c1-4-12-5-6-14(22-12)10-18-11-16(19)15-9-13(20-2)7-8-17(15)21-3/h5-9,16,18-19H,4,10-11H2,1-3H3. The molecule has 5 heteroatoms. The highest BCUT2D eigenvalue weighted by atomic mass is 16.5. The monoisotopic (exact) mass is 305 g/mol. The summed E-state index contributed by atoms with van der Waals surface area (Å²) in [6.45, 7) is 3.02. The molecule has 0 fully saturated rings. The van der Waals surface area contributed by atoms with E-state index in [1.54, 1.807) is 32.4 Å². The van der Waals surface area contributed by atoms with E-state index in [-0.39, 0.29) is 0 Å². The van der Waals surface area contributed by atoms with E-state index in [0.717, 1.165) is 17.9 Å². The van der Waals surface area contributed by atoms with Gasteiger partial charge in [-0.1, -0.05) is 6.92 Å². The second-order valence-corrected chi connectivity index (χ2v) is 4.98. The average Bonchev–Trinajstić information content (AvgIpc) is 3.02. The van der Waals surface area contributed by atoms with Crippen molar-refractivity contribution in [2.75, 3.05) is 20.8 Å². The van der Waals surface area contributed by atoms with Gasteiger partial charge in [0.1, 0.15) is 23.0 Å². The van der Waals surface area contributed by atoms with Crippen molar-refractivity contribution in [2.24, 2.45) is 0 Å².